The second-order valence-electron chi connectivity index (χ2n) is 6.85. The van der Waals surface area contributed by atoms with E-state index in [1.54, 1.807) is 6.07 Å². The molecule has 1 aromatic carbocycles. The van der Waals surface area contributed by atoms with Crippen LogP contribution in [0.4, 0.5) is 0 Å². The molecule has 1 amide bonds. The molecule has 1 saturated heterocycles. The molecule has 1 aromatic heterocycles. The Hall–Kier alpha value is -2.62. The van der Waals surface area contributed by atoms with Gasteiger partial charge >= 0.3 is 0 Å². The van der Waals surface area contributed by atoms with E-state index in [1.165, 1.54) is 0 Å². The molecule has 2 aliphatic rings. The lowest BCUT2D eigenvalue weighted by Gasteiger charge is -2.34. The highest BCUT2D eigenvalue weighted by atomic mass is 16.5. The molecule has 0 bridgehead atoms. The van der Waals surface area contributed by atoms with Crippen molar-refractivity contribution in [2.24, 2.45) is 0 Å². The molecule has 1 unspecified atom stereocenters. The van der Waals surface area contributed by atoms with Crippen molar-refractivity contribution in [3.05, 3.63) is 65.5 Å². The van der Waals surface area contributed by atoms with Gasteiger partial charge in [-0.1, -0.05) is 30.3 Å². The number of ether oxygens (including phenoxy) is 1. The third-order valence-electron chi connectivity index (χ3n) is 5.03. The van der Waals surface area contributed by atoms with E-state index in [-0.39, 0.29) is 11.5 Å². The number of carbonyl (C=O) groups is 1. The normalized spacial score (nSPS) is 22.2. The minimum Gasteiger partial charge on any atom is -0.483 e. The van der Waals surface area contributed by atoms with Gasteiger partial charge in [0, 0.05) is 30.8 Å². The van der Waals surface area contributed by atoms with E-state index in [2.05, 4.69) is 23.2 Å². The summed E-state index contributed by atoms with van der Waals surface area (Å²) in [5.74, 6) is 0.950. The molecule has 0 N–H and O–H groups in total. The number of amides is 1. The fraction of sp³-hybridized carbons (Fsp3) is 0.333. The van der Waals surface area contributed by atoms with Crippen molar-refractivity contribution < 1.29 is 9.53 Å². The predicted molar refractivity (Wildman–Crippen MR) is 97.6 cm³/mol. The van der Waals surface area contributed by atoms with E-state index < -0.39 is 0 Å². The monoisotopic (exact) mass is 334 g/mol. The van der Waals surface area contributed by atoms with Crippen molar-refractivity contribution in [3.8, 4) is 5.75 Å². The lowest BCUT2D eigenvalue weighted by molar-refractivity contribution is 0.0724. The molecule has 2 aliphatic heterocycles. The summed E-state index contributed by atoms with van der Waals surface area (Å²) in [6, 6.07) is 13.7. The minimum absolute atomic E-state index is 0.0148. The molecule has 2 aromatic rings. The molecule has 25 heavy (non-hydrogen) atoms. The summed E-state index contributed by atoms with van der Waals surface area (Å²) in [6.07, 6.45) is 6.97. The number of hydrogen-bond donors (Lipinski definition) is 0. The molecule has 0 aliphatic carbocycles. The smallest absolute Gasteiger partial charge is 0.272 e. The van der Waals surface area contributed by atoms with Crippen LogP contribution in [0.15, 0.2) is 48.5 Å². The van der Waals surface area contributed by atoms with Crippen molar-refractivity contribution in [1.29, 1.82) is 0 Å². The maximum atomic E-state index is 12.8. The first-order valence-electron chi connectivity index (χ1n) is 8.85. The summed E-state index contributed by atoms with van der Waals surface area (Å²) in [5.41, 5.74) is 2.21. The van der Waals surface area contributed by atoms with Crippen molar-refractivity contribution in [2.75, 3.05) is 13.1 Å². The Morgan fingerprint density at radius 1 is 1.12 bits per heavy atom. The summed E-state index contributed by atoms with van der Waals surface area (Å²) >= 11 is 0. The molecular formula is C21H22N2O2. The van der Waals surface area contributed by atoms with Gasteiger partial charge in [-0.05, 0) is 44.0 Å². The topological polar surface area (TPSA) is 42.4 Å². The van der Waals surface area contributed by atoms with Crippen molar-refractivity contribution in [2.45, 2.75) is 31.8 Å². The standard InChI is InChI=1S/C21H22N2O2/c1-16-6-4-8-18(22-16)20(24)23-14-5-11-21(13-15-23)12-10-17-7-2-3-9-19(17)25-21/h2-4,6-10,12H,5,11,13-15H2,1H3. The summed E-state index contributed by atoms with van der Waals surface area (Å²) in [4.78, 5) is 19.1. The Kier molecular flexibility index (Phi) is 4.04. The average molecular weight is 334 g/mol. The second kappa shape index (κ2) is 6.36. The number of carbonyl (C=O) groups excluding carboxylic acids is 1. The van der Waals surface area contributed by atoms with Crippen LogP contribution in [0.2, 0.25) is 0 Å². The Morgan fingerprint density at radius 3 is 2.88 bits per heavy atom. The Bertz CT molecular complexity index is 830. The van der Waals surface area contributed by atoms with Gasteiger partial charge in [-0.25, -0.2) is 4.98 Å². The molecule has 0 radical (unpaired) electrons. The molecule has 4 rings (SSSR count). The molecule has 3 heterocycles. The largest absolute Gasteiger partial charge is 0.483 e. The van der Waals surface area contributed by atoms with Gasteiger partial charge in [-0.2, -0.15) is 0 Å². The van der Waals surface area contributed by atoms with Crippen LogP contribution in [0.5, 0.6) is 5.75 Å². The van der Waals surface area contributed by atoms with Crippen molar-refractivity contribution in [1.82, 2.24) is 9.88 Å². The van der Waals surface area contributed by atoms with Crippen LogP contribution >= 0.6 is 0 Å². The number of aromatic nitrogens is 1. The Labute approximate surface area is 148 Å². The van der Waals surface area contributed by atoms with Crippen LogP contribution in [0, 0.1) is 6.92 Å². The van der Waals surface area contributed by atoms with E-state index in [4.69, 9.17) is 4.74 Å². The van der Waals surface area contributed by atoms with E-state index in [9.17, 15) is 4.79 Å². The highest BCUT2D eigenvalue weighted by Crippen LogP contribution is 2.37. The molecular weight excluding hydrogens is 312 g/mol. The van der Waals surface area contributed by atoms with Crippen molar-refractivity contribution in [3.63, 3.8) is 0 Å². The number of rotatable bonds is 1. The summed E-state index contributed by atoms with van der Waals surface area (Å²) in [7, 11) is 0. The first kappa shape index (κ1) is 15.9. The number of benzene rings is 1. The van der Waals surface area contributed by atoms with Crippen LogP contribution in [0.3, 0.4) is 0 Å². The maximum absolute atomic E-state index is 12.8. The predicted octanol–water partition coefficient (Wildman–Crippen LogP) is 3.86. The van der Waals surface area contributed by atoms with Crippen LogP contribution in [-0.2, 0) is 0 Å². The molecule has 4 nitrogen and oxygen atoms in total. The van der Waals surface area contributed by atoms with Crippen LogP contribution < -0.4 is 4.74 Å². The zero-order chi connectivity index (χ0) is 17.3. The first-order valence-corrected chi connectivity index (χ1v) is 8.85. The SMILES string of the molecule is Cc1cccc(C(=O)N2CCCC3(C=Cc4ccccc4O3)CC2)n1. The number of pyridine rings is 1. The fourth-order valence-electron chi connectivity index (χ4n) is 3.63. The van der Waals surface area contributed by atoms with Gasteiger partial charge in [0.2, 0.25) is 0 Å². The van der Waals surface area contributed by atoms with Crippen molar-refractivity contribution >= 4 is 12.0 Å². The highest BCUT2D eigenvalue weighted by molar-refractivity contribution is 5.92. The lowest BCUT2D eigenvalue weighted by atomic mass is 9.91. The zero-order valence-corrected chi connectivity index (χ0v) is 14.4. The van der Waals surface area contributed by atoms with E-state index in [1.807, 2.05) is 42.2 Å². The molecule has 0 saturated carbocycles. The highest BCUT2D eigenvalue weighted by Gasteiger charge is 2.36. The number of likely N-dealkylation sites (tertiary alicyclic amines) is 1. The fourth-order valence-corrected chi connectivity index (χ4v) is 3.63. The summed E-state index contributed by atoms with van der Waals surface area (Å²) in [5, 5.41) is 0. The zero-order valence-electron chi connectivity index (χ0n) is 14.4. The number of nitrogens with zero attached hydrogens (tertiary/aromatic N) is 2. The Morgan fingerprint density at radius 2 is 2.00 bits per heavy atom. The van der Waals surface area contributed by atoms with Crippen LogP contribution in [0.25, 0.3) is 6.08 Å². The lowest BCUT2D eigenvalue weighted by Crippen LogP contribution is -2.38. The van der Waals surface area contributed by atoms with E-state index >= 15 is 0 Å². The average Bonchev–Trinajstić information content (AvgIpc) is 2.84. The second-order valence-corrected chi connectivity index (χ2v) is 6.85. The number of aryl methyl sites for hydroxylation is 1. The number of hydrogen-bond acceptors (Lipinski definition) is 3. The quantitative estimate of drug-likeness (QED) is 0.795. The molecule has 1 atom stereocenters. The minimum atomic E-state index is -0.302. The van der Waals surface area contributed by atoms with E-state index in [0.717, 1.165) is 42.8 Å². The third-order valence-corrected chi connectivity index (χ3v) is 5.03. The molecule has 1 spiro atoms. The van der Waals surface area contributed by atoms with Crippen LogP contribution in [0.1, 0.15) is 41.0 Å². The van der Waals surface area contributed by atoms with Gasteiger partial charge in [-0.3, -0.25) is 4.79 Å². The summed E-state index contributed by atoms with van der Waals surface area (Å²) in [6.45, 7) is 3.34. The molecule has 128 valence electrons. The Balaban J connectivity index is 1.51. The number of para-hydroxylation sites is 1. The number of fused-ring (bicyclic) bond motifs is 1. The van der Waals surface area contributed by atoms with Gasteiger partial charge < -0.3 is 9.64 Å². The van der Waals surface area contributed by atoms with Gasteiger partial charge in [-0.15, -0.1) is 0 Å². The first-order chi connectivity index (χ1) is 12.2. The maximum Gasteiger partial charge on any atom is 0.272 e. The van der Waals surface area contributed by atoms with Gasteiger partial charge in [0.25, 0.3) is 5.91 Å². The summed E-state index contributed by atoms with van der Waals surface area (Å²) < 4.78 is 6.35. The molecule has 4 heteroatoms. The molecule has 1 fully saturated rings. The third kappa shape index (κ3) is 3.16. The van der Waals surface area contributed by atoms with Gasteiger partial charge in [0.1, 0.15) is 17.0 Å². The van der Waals surface area contributed by atoms with E-state index in [0.29, 0.717) is 12.2 Å². The van der Waals surface area contributed by atoms with Gasteiger partial charge in [0.15, 0.2) is 0 Å². The van der Waals surface area contributed by atoms with Gasteiger partial charge in [0.05, 0.1) is 0 Å². The van der Waals surface area contributed by atoms with Crippen LogP contribution in [-0.4, -0.2) is 34.5 Å².